The van der Waals surface area contributed by atoms with Crippen molar-refractivity contribution < 1.29 is 4.74 Å². The molecule has 13 heavy (non-hydrogen) atoms. The van der Waals surface area contributed by atoms with E-state index in [4.69, 9.17) is 10.3 Å². The molecule has 0 spiro atoms. The average molecular weight is 192 g/mol. The Morgan fingerprint density at radius 1 is 1.46 bits per heavy atom. The van der Waals surface area contributed by atoms with Gasteiger partial charge in [-0.2, -0.15) is 0 Å². The summed E-state index contributed by atoms with van der Waals surface area (Å²) in [6.07, 6.45) is 3.66. The van der Waals surface area contributed by atoms with E-state index in [0.717, 1.165) is 5.57 Å². The van der Waals surface area contributed by atoms with E-state index < -0.39 is 0 Å². The summed E-state index contributed by atoms with van der Waals surface area (Å²) in [7, 11) is 0. The number of ether oxygens (including phenoxy) is 1. The summed E-state index contributed by atoms with van der Waals surface area (Å²) < 4.78 is 5.21. The predicted molar refractivity (Wildman–Crippen MR) is 51.5 cm³/mol. The maximum Gasteiger partial charge on any atom is 0.232 e. The fourth-order valence-corrected chi connectivity index (χ4v) is 1.84. The highest BCUT2D eigenvalue weighted by Gasteiger charge is 2.08. The van der Waals surface area contributed by atoms with Crippen molar-refractivity contribution in [3.8, 4) is 0 Å². The first-order valence-corrected chi connectivity index (χ1v) is 4.73. The van der Waals surface area contributed by atoms with Gasteiger partial charge < -0.3 is 4.74 Å². The molecule has 4 heteroatoms. The molecule has 0 amide bonds. The zero-order valence-corrected chi connectivity index (χ0v) is 7.67. The number of thiophene rings is 1. The third-order valence-corrected chi connectivity index (χ3v) is 2.70. The minimum absolute atomic E-state index is 0.375. The first-order chi connectivity index (χ1) is 6.40. The minimum atomic E-state index is 0.375. The maximum absolute atomic E-state index is 6.74. The van der Waals surface area contributed by atoms with Crippen molar-refractivity contribution in [3.05, 3.63) is 40.4 Å². The number of hydrogen-bond donors (Lipinski definition) is 1. The maximum atomic E-state index is 6.74. The Balaban J connectivity index is 2.24. The molecule has 0 aromatic carbocycles. The van der Waals surface area contributed by atoms with Gasteiger partial charge in [0, 0.05) is 16.5 Å². The second-order valence-corrected chi connectivity index (χ2v) is 3.52. The van der Waals surface area contributed by atoms with Crippen LogP contribution in [0.15, 0.2) is 40.7 Å². The second-order valence-electron chi connectivity index (χ2n) is 2.57. The lowest BCUT2D eigenvalue weighted by molar-refractivity contribution is 0.242. The van der Waals surface area contributed by atoms with E-state index in [-0.39, 0.29) is 0 Å². The summed E-state index contributed by atoms with van der Waals surface area (Å²) in [5.74, 6) is 0.375. The molecule has 0 radical (unpaired) electrons. The Morgan fingerprint density at radius 2 is 2.38 bits per heavy atom. The van der Waals surface area contributed by atoms with Gasteiger partial charge in [-0.05, 0) is 17.5 Å². The van der Waals surface area contributed by atoms with E-state index in [1.165, 1.54) is 4.88 Å². The lowest BCUT2D eigenvalue weighted by atomic mass is 10.2. The summed E-state index contributed by atoms with van der Waals surface area (Å²) in [6.45, 7) is 0.509. The Morgan fingerprint density at radius 3 is 2.92 bits per heavy atom. The molecule has 66 valence electrons. The first kappa shape index (κ1) is 8.19. The van der Waals surface area contributed by atoms with Crippen LogP contribution in [0.4, 0.5) is 0 Å². The Bertz CT molecular complexity index is 365. The van der Waals surface area contributed by atoms with Crippen LogP contribution in [-0.2, 0) is 4.74 Å². The van der Waals surface area contributed by atoms with Crippen molar-refractivity contribution >= 4 is 16.9 Å². The highest BCUT2D eigenvalue weighted by molar-refractivity contribution is 7.11. The van der Waals surface area contributed by atoms with Crippen LogP contribution in [0, 0.1) is 5.53 Å². The third-order valence-electron chi connectivity index (χ3n) is 1.75. The standard InChI is InChI=1S/C9H8N2OS/c10-11-9-4-3-7(6-12-9)8-2-1-5-13-8/h1-5,10H,6H2. The molecule has 1 aromatic heterocycles. The first-order valence-electron chi connectivity index (χ1n) is 3.85. The topological polar surface area (TPSA) is 45.4 Å². The van der Waals surface area contributed by atoms with E-state index in [0.29, 0.717) is 12.5 Å². The van der Waals surface area contributed by atoms with Crippen molar-refractivity contribution in [1.29, 1.82) is 5.53 Å². The summed E-state index contributed by atoms with van der Waals surface area (Å²) in [5, 5.41) is 5.24. The molecule has 2 heterocycles. The molecule has 0 atom stereocenters. The molecular weight excluding hydrogens is 184 g/mol. The van der Waals surface area contributed by atoms with Crippen LogP contribution in [-0.4, -0.2) is 6.61 Å². The number of nitrogens with one attached hydrogen (secondary N) is 1. The van der Waals surface area contributed by atoms with Gasteiger partial charge in [0.2, 0.25) is 5.88 Å². The highest BCUT2D eigenvalue weighted by atomic mass is 32.1. The number of allylic oxidation sites excluding steroid dienone is 2. The van der Waals surface area contributed by atoms with Crippen LogP contribution in [0.25, 0.3) is 5.57 Å². The largest absolute Gasteiger partial charge is 0.472 e. The van der Waals surface area contributed by atoms with Gasteiger partial charge in [0.05, 0.1) is 0 Å². The molecule has 0 bridgehead atoms. The van der Waals surface area contributed by atoms with Gasteiger partial charge in [0.25, 0.3) is 0 Å². The molecule has 2 rings (SSSR count). The average Bonchev–Trinajstić information content (AvgIpc) is 2.71. The van der Waals surface area contributed by atoms with Gasteiger partial charge in [-0.15, -0.1) is 16.5 Å². The molecule has 1 aliphatic heterocycles. The molecule has 0 saturated carbocycles. The fourth-order valence-electron chi connectivity index (χ4n) is 1.10. The highest BCUT2D eigenvalue weighted by Crippen LogP contribution is 2.24. The van der Waals surface area contributed by atoms with Gasteiger partial charge in [-0.3, -0.25) is 0 Å². The molecule has 1 N–H and O–H groups in total. The van der Waals surface area contributed by atoms with Crippen LogP contribution in [0.2, 0.25) is 0 Å². The van der Waals surface area contributed by atoms with Gasteiger partial charge in [0.1, 0.15) is 6.61 Å². The molecule has 1 aliphatic rings. The van der Waals surface area contributed by atoms with E-state index in [1.807, 2.05) is 17.5 Å². The summed E-state index contributed by atoms with van der Waals surface area (Å²) in [5.41, 5.74) is 7.88. The molecule has 0 fully saturated rings. The molecule has 0 unspecified atom stereocenters. The fraction of sp³-hybridized carbons (Fsp3) is 0.111. The quantitative estimate of drug-likeness (QED) is 0.719. The molecule has 0 saturated heterocycles. The SMILES string of the molecule is N=NC1=CC=C(c2cccs2)CO1. The lowest BCUT2D eigenvalue weighted by Crippen LogP contribution is -1.99. The summed E-state index contributed by atoms with van der Waals surface area (Å²) in [4.78, 5) is 1.21. The predicted octanol–water partition coefficient (Wildman–Crippen LogP) is 3.03. The van der Waals surface area contributed by atoms with Crippen molar-refractivity contribution in [2.75, 3.05) is 6.61 Å². The molecule has 0 aliphatic carbocycles. The smallest absolute Gasteiger partial charge is 0.232 e. The number of nitrogens with zero attached hydrogens (tertiary/aromatic N) is 1. The molecule has 3 nitrogen and oxygen atoms in total. The van der Waals surface area contributed by atoms with Crippen molar-refractivity contribution in [2.45, 2.75) is 0 Å². The zero-order valence-electron chi connectivity index (χ0n) is 6.86. The number of hydrogen-bond acceptors (Lipinski definition) is 4. The van der Waals surface area contributed by atoms with E-state index in [9.17, 15) is 0 Å². The normalized spacial score (nSPS) is 15.7. The molecule has 1 aromatic rings. The van der Waals surface area contributed by atoms with Crippen LogP contribution in [0.1, 0.15) is 4.88 Å². The minimum Gasteiger partial charge on any atom is -0.472 e. The Kier molecular flexibility index (Phi) is 2.23. The van der Waals surface area contributed by atoms with E-state index in [2.05, 4.69) is 11.2 Å². The van der Waals surface area contributed by atoms with Crippen molar-refractivity contribution in [3.63, 3.8) is 0 Å². The van der Waals surface area contributed by atoms with Crippen LogP contribution in [0.3, 0.4) is 0 Å². The Hall–Kier alpha value is -1.42. The summed E-state index contributed by atoms with van der Waals surface area (Å²) >= 11 is 1.68. The third kappa shape index (κ3) is 1.67. The lowest BCUT2D eigenvalue weighted by Gasteiger charge is -2.11. The van der Waals surface area contributed by atoms with Gasteiger partial charge in [-0.25, -0.2) is 5.53 Å². The van der Waals surface area contributed by atoms with Crippen LogP contribution in [0.5, 0.6) is 0 Å². The monoisotopic (exact) mass is 192 g/mol. The van der Waals surface area contributed by atoms with Crippen LogP contribution >= 0.6 is 11.3 Å². The van der Waals surface area contributed by atoms with Crippen molar-refractivity contribution in [2.24, 2.45) is 5.11 Å². The van der Waals surface area contributed by atoms with E-state index >= 15 is 0 Å². The Labute approximate surface area is 79.9 Å². The zero-order chi connectivity index (χ0) is 9.10. The second kappa shape index (κ2) is 3.53. The van der Waals surface area contributed by atoms with Gasteiger partial charge in [-0.1, -0.05) is 6.07 Å². The molecular formula is C9H8N2OS. The summed E-state index contributed by atoms with van der Waals surface area (Å²) in [6, 6.07) is 4.06. The van der Waals surface area contributed by atoms with E-state index in [1.54, 1.807) is 17.4 Å². The van der Waals surface area contributed by atoms with Crippen molar-refractivity contribution in [1.82, 2.24) is 0 Å². The van der Waals surface area contributed by atoms with Gasteiger partial charge >= 0.3 is 0 Å². The van der Waals surface area contributed by atoms with Crippen LogP contribution < -0.4 is 0 Å². The van der Waals surface area contributed by atoms with Gasteiger partial charge in [0.15, 0.2) is 0 Å². The number of rotatable bonds is 2.